The van der Waals surface area contributed by atoms with Crippen LogP contribution in [0.15, 0.2) is 97.1 Å². The summed E-state index contributed by atoms with van der Waals surface area (Å²) >= 11 is 0. The Morgan fingerprint density at radius 2 is 1.21 bits per heavy atom. The first-order valence-corrected chi connectivity index (χ1v) is 9.05. The van der Waals surface area contributed by atoms with Gasteiger partial charge in [-0.3, -0.25) is 0 Å². The monoisotopic (exact) mass is 494 g/mol. The zero-order valence-electron chi connectivity index (χ0n) is 16.5. The van der Waals surface area contributed by atoms with Crippen LogP contribution in [0, 0.1) is 13.8 Å². The van der Waals surface area contributed by atoms with E-state index in [2.05, 4.69) is 111 Å². The van der Waals surface area contributed by atoms with Gasteiger partial charge in [0.05, 0.1) is 0 Å². The molecule has 0 heterocycles. The number of halogens is 2. The molecule has 0 bridgehead atoms. The normalized spacial score (nSPS) is 9.59. The standard InChI is InChI=1S/C13H9.C13H13.2ClH.Zr/c1-3-7-12-10(5-1)9-11-6-2-4-8-13(11)12;1-10-6-5-9-13(11(10)2)12-7-3-4-8-12;;;/h1-9H;3-9H,1-2H3;2*1H;/q2*-1;;;+4/p-2. The molecular formula is C26H22Cl2Zr. The quantitative estimate of drug-likeness (QED) is 0.308. The van der Waals surface area contributed by atoms with Gasteiger partial charge in [0.2, 0.25) is 0 Å². The SMILES string of the molecule is Cc1cccc(-c2ccc[cH-]2)c1C.[Cl-].[Cl-].[Zr+4].c1ccc2c(c1)[cH-]c1ccccc12. The zero-order valence-corrected chi connectivity index (χ0v) is 20.5. The molecular weight excluding hydrogens is 474 g/mol. The van der Waals surface area contributed by atoms with Gasteiger partial charge in [-0.05, 0) is 13.8 Å². The molecule has 144 valence electrons. The van der Waals surface area contributed by atoms with Gasteiger partial charge < -0.3 is 24.8 Å². The summed E-state index contributed by atoms with van der Waals surface area (Å²) < 4.78 is 0. The van der Waals surface area contributed by atoms with Gasteiger partial charge >= 0.3 is 26.2 Å². The molecule has 0 radical (unpaired) electrons. The molecule has 5 aromatic carbocycles. The van der Waals surface area contributed by atoms with Crippen molar-refractivity contribution < 1.29 is 51.0 Å². The molecule has 0 spiro atoms. The van der Waals surface area contributed by atoms with Gasteiger partial charge in [0, 0.05) is 0 Å². The summed E-state index contributed by atoms with van der Waals surface area (Å²) in [7, 11) is 0. The van der Waals surface area contributed by atoms with Crippen molar-refractivity contribution in [2.75, 3.05) is 0 Å². The summed E-state index contributed by atoms with van der Waals surface area (Å²) in [5.74, 6) is 0. The van der Waals surface area contributed by atoms with Crippen LogP contribution in [0.5, 0.6) is 0 Å². The fourth-order valence-corrected chi connectivity index (χ4v) is 3.52. The number of aryl methyl sites for hydroxylation is 1. The molecule has 0 aliphatic carbocycles. The maximum Gasteiger partial charge on any atom is 4.00 e. The van der Waals surface area contributed by atoms with Crippen LogP contribution in [0.3, 0.4) is 0 Å². The third kappa shape index (κ3) is 5.49. The topological polar surface area (TPSA) is 0 Å². The average molecular weight is 497 g/mol. The minimum atomic E-state index is 0. The van der Waals surface area contributed by atoms with Crippen molar-refractivity contribution in [2.24, 2.45) is 0 Å². The molecule has 29 heavy (non-hydrogen) atoms. The van der Waals surface area contributed by atoms with E-state index in [9.17, 15) is 0 Å². The van der Waals surface area contributed by atoms with Crippen molar-refractivity contribution >= 4 is 21.5 Å². The summed E-state index contributed by atoms with van der Waals surface area (Å²) in [5, 5.41) is 5.39. The van der Waals surface area contributed by atoms with Gasteiger partial charge in [0.1, 0.15) is 0 Å². The Morgan fingerprint density at radius 3 is 1.76 bits per heavy atom. The zero-order chi connectivity index (χ0) is 17.9. The van der Waals surface area contributed by atoms with E-state index >= 15 is 0 Å². The summed E-state index contributed by atoms with van der Waals surface area (Å²) in [6.45, 7) is 4.33. The first-order chi connectivity index (χ1) is 12.7. The van der Waals surface area contributed by atoms with Crippen LogP contribution in [-0.4, -0.2) is 0 Å². The molecule has 0 aliphatic heterocycles. The molecule has 0 fully saturated rings. The Labute approximate surface area is 204 Å². The van der Waals surface area contributed by atoms with E-state index in [1.807, 2.05) is 0 Å². The number of fused-ring (bicyclic) bond motifs is 3. The van der Waals surface area contributed by atoms with Gasteiger partial charge in [-0.25, -0.2) is 0 Å². The maximum absolute atomic E-state index is 2.24. The van der Waals surface area contributed by atoms with E-state index in [0.717, 1.165) is 0 Å². The summed E-state index contributed by atoms with van der Waals surface area (Å²) in [4.78, 5) is 0. The second-order valence-corrected chi connectivity index (χ2v) is 6.74. The minimum absolute atomic E-state index is 0. The fourth-order valence-electron chi connectivity index (χ4n) is 3.52. The molecule has 3 heteroatoms. The minimum Gasteiger partial charge on any atom is -1.00 e. The van der Waals surface area contributed by atoms with Gasteiger partial charge in [-0.2, -0.15) is 18.2 Å². The van der Waals surface area contributed by atoms with Gasteiger partial charge in [0.15, 0.2) is 0 Å². The van der Waals surface area contributed by atoms with Crippen LogP contribution in [0.25, 0.3) is 32.7 Å². The third-order valence-corrected chi connectivity index (χ3v) is 5.10. The smallest absolute Gasteiger partial charge is 1.00 e. The Balaban J connectivity index is 0.000000263. The van der Waals surface area contributed by atoms with Crippen molar-refractivity contribution in [1.82, 2.24) is 0 Å². The molecule has 5 aromatic rings. The molecule has 0 atom stereocenters. The predicted molar refractivity (Wildman–Crippen MR) is 114 cm³/mol. The Kier molecular flexibility index (Phi) is 10.1. The van der Waals surface area contributed by atoms with Crippen molar-refractivity contribution in [1.29, 1.82) is 0 Å². The van der Waals surface area contributed by atoms with Crippen molar-refractivity contribution in [3.05, 3.63) is 108 Å². The summed E-state index contributed by atoms with van der Waals surface area (Å²) in [6.07, 6.45) is 0. The number of hydrogen-bond donors (Lipinski definition) is 0. The van der Waals surface area contributed by atoms with Crippen LogP contribution in [0.4, 0.5) is 0 Å². The van der Waals surface area contributed by atoms with Crippen LogP contribution < -0.4 is 24.8 Å². The number of rotatable bonds is 1. The van der Waals surface area contributed by atoms with E-state index in [0.29, 0.717) is 0 Å². The predicted octanol–water partition coefficient (Wildman–Crippen LogP) is 1.41. The molecule has 5 rings (SSSR count). The molecule has 0 saturated heterocycles. The van der Waals surface area contributed by atoms with Gasteiger partial charge in [0.25, 0.3) is 0 Å². The van der Waals surface area contributed by atoms with E-state index in [1.54, 1.807) is 0 Å². The van der Waals surface area contributed by atoms with Crippen molar-refractivity contribution in [3.63, 3.8) is 0 Å². The molecule has 0 nitrogen and oxygen atoms in total. The van der Waals surface area contributed by atoms with Crippen molar-refractivity contribution in [2.45, 2.75) is 13.8 Å². The van der Waals surface area contributed by atoms with Crippen LogP contribution in [-0.2, 0) is 26.2 Å². The maximum atomic E-state index is 2.24. The van der Waals surface area contributed by atoms with Gasteiger partial charge in [-0.15, -0.1) is 51.4 Å². The molecule has 0 saturated carbocycles. The first-order valence-electron chi connectivity index (χ1n) is 9.05. The fraction of sp³-hybridized carbons (Fsp3) is 0.0769. The summed E-state index contributed by atoms with van der Waals surface area (Å²) in [5.41, 5.74) is 5.42. The molecule has 0 N–H and O–H groups in total. The molecule has 0 unspecified atom stereocenters. The van der Waals surface area contributed by atoms with Gasteiger partial charge in [-0.1, -0.05) is 71.3 Å². The van der Waals surface area contributed by atoms with Crippen LogP contribution in [0.2, 0.25) is 0 Å². The second kappa shape index (κ2) is 11.5. The van der Waals surface area contributed by atoms with E-state index in [1.165, 1.54) is 43.8 Å². The van der Waals surface area contributed by atoms with E-state index in [4.69, 9.17) is 0 Å². The Bertz CT molecular complexity index is 1100. The summed E-state index contributed by atoms with van der Waals surface area (Å²) in [6, 6.07) is 34.2. The van der Waals surface area contributed by atoms with E-state index in [-0.39, 0.29) is 51.0 Å². The third-order valence-electron chi connectivity index (χ3n) is 5.10. The molecule has 0 aliphatic rings. The number of benzene rings is 3. The van der Waals surface area contributed by atoms with Crippen LogP contribution in [0.1, 0.15) is 11.1 Å². The Hall–Kier alpha value is -1.66. The average Bonchev–Trinajstić information content (AvgIpc) is 3.32. The largest absolute Gasteiger partial charge is 4.00 e. The van der Waals surface area contributed by atoms with Crippen LogP contribution >= 0.6 is 0 Å². The second-order valence-electron chi connectivity index (χ2n) is 6.74. The number of hydrogen-bond acceptors (Lipinski definition) is 0. The van der Waals surface area contributed by atoms with Crippen molar-refractivity contribution in [3.8, 4) is 11.1 Å². The molecule has 0 amide bonds. The van der Waals surface area contributed by atoms with E-state index < -0.39 is 0 Å². The molecule has 0 aromatic heterocycles. The first kappa shape index (κ1) is 25.4. The Morgan fingerprint density at radius 1 is 0.621 bits per heavy atom.